The first kappa shape index (κ1) is 15.0. The molecule has 2 aromatic heterocycles. The highest BCUT2D eigenvalue weighted by Gasteiger charge is 2.12. The van der Waals surface area contributed by atoms with E-state index in [9.17, 15) is 4.79 Å². The van der Waals surface area contributed by atoms with E-state index in [1.807, 2.05) is 0 Å². The van der Waals surface area contributed by atoms with Gasteiger partial charge in [-0.2, -0.15) is 0 Å². The molecule has 0 aliphatic rings. The highest BCUT2D eigenvalue weighted by atomic mass is 35.5. The molecule has 0 aliphatic carbocycles. The molecule has 0 saturated carbocycles. The molecule has 1 N–H and O–H groups in total. The van der Waals surface area contributed by atoms with Crippen molar-refractivity contribution in [1.82, 2.24) is 15.2 Å². The summed E-state index contributed by atoms with van der Waals surface area (Å²) in [4.78, 5) is 15.9. The number of nitrogens with one attached hydrogen (secondary N) is 1. The average molecular weight is 331 g/mol. The summed E-state index contributed by atoms with van der Waals surface area (Å²) in [7, 11) is 0. The van der Waals surface area contributed by atoms with Crippen LogP contribution in [0, 0.1) is 0 Å². The molecule has 0 saturated heterocycles. The summed E-state index contributed by atoms with van der Waals surface area (Å²) in [6.45, 7) is -0.192. The summed E-state index contributed by atoms with van der Waals surface area (Å²) in [6, 6.07) is 12.0. The van der Waals surface area contributed by atoms with E-state index in [4.69, 9.17) is 20.8 Å². The van der Waals surface area contributed by atoms with Crippen LogP contribution in [0.25, 0.3) is 11.6 Å². The van der Waals surface area contributed by atoms with Crippen LogP contribution in [0.3, 0.4) is 0 Å². The molecule has 23 heavy (non-hydrogen) atoms. The van der Waals surface area contributed by atoms with Crippen LogP contribution in [-0.4, -0.2) is 27.7 Å². The fourth-order valence-corrected chi connectivity index (χ4v) is 1.83. The second-order valence-corrected chi connectivity index (χ2v) is 4.85. The molecule has 3 rings (SSSR count). The largest absolute Gasteiger partial charge is 0.484 e. The fraction of sp³-hybridized carbons (Fsp3) is 0.0667. The number of carbonyl (C=O) groups excluding carboxylic acids is 1. The molecule has 1 amide bonds. The van der Waals surface area contributed by atoms with E-state index in [1.165, 1.54) is 0 Å². The Balaban J connectivity index is 1.56. The first-order chi connectivity index (χ1) is 11.2. The Labute approximate surface area is 136 Å². The number of hydrogen-bond donors (Lipinski definition) is 1. The van der Waals surface area contributed by atoms with Crippen LogP contribution in [0.2, 0.25) is 5.02 Å². The molecule has 0 radical (unpaired) electrons. The predicted molar refractivity (Wildman–Crippen MR) is 83.1 cm³/mol. The molecule has 8 heteroatoms. The third-order valence-electron chi connectivity index (χ3n) is 2.74. The predicted octanol–water partition coefficient (Wildman–Crippen LogP) is 2.80. The van der Waals surface area contributed by atoms with E-state index in [0.29, 0.717) is 16.5 Å². The second kappa shape index (κ2) is 6.89. The van der Waals surface area contributed by atoms with Gasteiger partial charge in [0.1, 0.15) is 11.4 Å². The Hall–Kier alpha value is -2.93. The van der Waals surface area contributed by atoms with Gasteiger partial charge in [-0.25, -0.2) is 0 Å². The first-order valence-corrected chi connectivity index (χ1v) is 7.01. The Morgan fingerprint density at radius 2 is 2.00 bits per heavy atom. The summed E-state index contributed by atoms with van der Waals surface area (Å²) < 4.78 is 10.6. The smallest absolute Gasteiger partial charge is 0.322 e. The van der Waals surface area contributed by atoms with Gasteiger partial charge in [0.15, 0.2) is 6.61 Å². The molecule has 0 spiro atoms. The molecule has 0 aliphatic heterocycles. The number of hydrogen-bond acceptors (Lipinski definition) is 6. The minimum atomic E-state index is -0.420. The van der Waals surface area contributed by atoms with Gasteiger partial charge in [-0.05, 0) is 36.4 Å². The Morgan fingerprint density at radius 1 is 1.17 bits per heavy atom. The van der Waals surface area contributed by atoms with Gasteiger partial charge in [0, 0.05) is 11.2 Å². The molecule has 116 valence electrons. The number of benzene rings is 1. The second-order valence-electron chi connectivity index (χ2n) is 4.42. The van der Waals surface area contributed by atoms with Crippen molar-refractivity contribution in [2.75, 3.05) is 11.9 Å². The lowest BCUT2D eigenvalue weighted by atomic mass is 10.3. The Morgan fingerprint density at radius 3 is 2.74 bits per heavy atom. The van der Waals surface area contributed by atoms with Crippen molar-refractivity contribution in [2.45, 2.75) is 0 Å². The van der Waals surface area contributed by atoms with Gasteiger partial charge in [-0.3, -0.25) is 15.1 Å². The zero-order valence-corrected chi connectivity index (χ0v) is 12.5. The standard InChI is InChI=1S/C15H11ClN4O3/c16-10-4-6-11(7-5-10)22-9-13(21)18-15-20-19-14(23-15)12-3-1-2-8-17-12/h1-8H,9H2,(H,18,20,21). The van der Waals surface area contributed by atoms with Gasteiger partial charge in [0.2, 0.25) is 0 Å². The summed E-state index contributed by atoms with van der Waals surface area (Å²) in [5, 5.41) is 10.6. The van der Waals surface area contributed by atoms with E-state index >= 15 is 0 Å². The lowest BCUT2D eigenvalue weighted by molar-refractivity contribution is -0.118. The van der Waals surface area contributed by atoms with Crippen LogP contribution in [0.1, 0.15) is 0 Å². The van der Waals surface area contributed by atoms with Crippen LogP contribution in [-0.2, 0) is 4.79 Å². The van der Waals surface area contributed by atoms with E-state index in [2.05, 4.69) is 20.5 Å². The fourth-order valence-electron chi connectivity index (χ4n) is 1.70. The van der Waals surface area contributed by atoms with Crippen molar-refractivity contribution in [1.29, 1.82) is 0 Å². The minimum absolute atomic E-state index is 0.0182. The maximum Gasteiger partial charge on any atom is 0.322 e. The quantitative estimate of drug-likeness (QED) is 0.773. The molecule has 2 heterocycles. The number of carbonyl (C=O) groups is 1. The van der Waals surface area contributed by atoms with Crippen molar-refractivity contribution in [3.8, 4) is 17.3 Å². The van der Waals surface area contributed by atoms with Crippen molar-refractivity contribution >= 4 is 23.5 Å². The number of aromatic nitrogens is 3. The number of rotatable bonds is 5. The lowest BCUT2D eigenvalue weighted by Crippen LogP contribution is -2.20. The van der Waals surface area contributed by atoms with E-state index in [-0.39, 0.29) is 18.5 Å². The molecule has 1 aromatic carbocycles. The van der Waals surface area contributed by atoms with Gasteiger partial charge in [-0.1, -0.05) is 22.8 Å². The third kappa shape index (κ3) is 4.04. The van der Waals surface area contributed by atoms with Crippen molar-refractivity contribution < 1.29 is 13.9 Å². The number of ether oxygens (including phenoxy) is 1. The molecule has 0 fully saturated rings. The normalized spacial score (nSPS) is 10.3. The van der Waals surface area contributed by atoms with E-state index in [0.717, 1.165) is 0 Å². The number of nitrogens with zero attached hydrogens (tertiary/aromatic N) is 3. The molecule has 3 aromatic rings. The monoisotopic (exact) mass is 330 g/mol. The lowest BCUT2D eigenvalue weighted by Gasteiger charge is -2.04. The van der Waals surface area contributed by atoms with Crippen LogP contribution >= 0.6 is 11.6 Å². The Bertz CT molecular complexity index is 790. The molecule has 0 atom stereocenters. The number of amides is 1. The van der Waals surface area contributed by atoms with Crippen LogP contribution < -0.4 is 10.1 Å². The number of anilines is 1. The topological polar surface area (TPSA) is 90.1 Å². The molecule has 0 unspecified atom stereocenters. The van der Waals surface area contributed by atoms with Gasteiger partial charge in [0.25, 0.3) is 11.8 Å². The summed E-state index contributed by atoms with van der Waals surface area (Å²) in [6.07, 6.45) is 1.61. The minimum Gasteiger partial charge on any atom is -0.484 e. The average Bonchev–Trinajstić information content (AvgIpc) is 3.04. The Kier molecular flexibility index (Phi) is 4.49. The van der Waals surface area contributed by atoms with Crippen molar-refractivity contribution in [2.24, 2.45) is 0 Å². The van der Waals surface area contributed by atoms with Gasteiger partial charge in [0.05, 0.1) is 0 Å². The SMILES string of the molecule is O=C(COc1ccc(Cl)cc1)Nc1nnc(-c2ccccn2)o1. The summed E-state index contributed by atoms with van der Waals surface area (Å²) in [5.74, 6) is 0.333. The maximum atomic E-state index is 11.8. The first-order valence-electron chi connectivity index (χ1n) is 6.64. The zero-order valence-electron chi connectivity index (χ0n) is 11.8. The van der Waals surface area contributed by atoms with Gasteiger partial charge in [-0.15, -0.1) is 5.10 Å². The highest BCUT2D eigenvalue weighted by molar-refractivity contribution is 6.30. The van der Waals surface area contributed by atoms with Crippen molar-refractivity contribution in [3.05, 3.63) is 53.7 Å². The number of halogens is 1. The molecule has 0 bridgehead atoms. The summed E-state index contributed by atoms with van der Waals surface area (Å²) in [5.41, 5.74) is 0.526. The van der Waals surface area contributed by atoms with E-state index < -0.39 is 5.91 Å². The van der Waals surface area contributed by atoms with E-state index in [1.54, 1.807) is 48.7 Å². The maximum absolute atomic E-state index is 11.8. The van der Waals surface area contributed by atoms with Crippen molar-refractivity contribution in [3.63, 3.8) is 0 Å². The molecule has 7 nitrogen and oxygen atoms in total. The summed E-state index contributed by atoms with van der Waals surface area (Å²) >= 11 is 5.77. The van der Waals surface area contributed by atoms with Crippen LogP contribution in [0.15, 0.2) is 53.1 Å². The molecular weight excluding hydrogens is 320 g/mol. The highest BCUT2D eigenvalue weighted by Crippen LogP contribution is 2.17. The van der Waals surface area contributed by atoms with Crippen LogP contribution in [0.5, 0.6) is 5.75 Å². The molecular formula is C15H11ClN4O3. The van der Waals surface area contributed by atoms with Gasteiger partial charge < -0.3 is 9.15 Å². The van der Waals surface area contributed by atoms with Crippen LogP contribution in [0.4, 0.5) is 6.01 Å². The third-order valence-corrected chi connectivity index (χ3v) is 2.99. The van der Waals surface area contributed by atoms with Gasteiger partial charge >= 0.3 is 6.01 Å². The number of pyridine rings is 1. The zero-order chi connectivity index (χ0) is 16.1.